The third-order valence-electron chi connectivity index (χ3n) is 8.91. The van der Waals surface area contributed by atoms with Crippen molar-refractivity contribution in [2.75, 3.05) is 0 Å². The van der Waals surface area contributed by atoms with Crippen LogP contribution in [0.25, 0.3) is 10.8 Å². The predicted molar refractivity (Wildman–Crippen MR) is 123 cm³/mol. The van der Waals surface area contributed by atoms with E-state index in [2.05, 4.69) is 26.8 Å². The zero-order valence-electron chi connectivity index (χ0n) is 18.6. The summed E-state index contributed by atoms with van der Waals surface area (Å²) in [5.74, 6) is 0.600. The van der Waals surface area contributed by atoms with E-state index < -0.39 is 5.97 Å². The number of fused-ring (bicyclic) bond motifs is 3. The lowest BCUT2D eigenvalue weighted by Crippen LogP contribution is -2.50. The number of carbonyl (C=O) groups excluding carboxylic acids is 1. The molecule has 2 bridgehead atoms. The molecule has 0 saturated heterocycles. The van der Waals surface area contributed by atoms with Gasteiger partial charge in [-0.2, -0.15) is 0 Å². The highest BCUT2D eigenvalue weighted by atomic mass is 16.5. The number of ether oxygens (including phenoxy) is 1. The molecule has 2 fully saturated rings. The molecule has 2 saturated carbocycles. The fraction of sp³-hybridized carbons (Fsp3) is 0.357. The van der Waals surface area contributed by atoms with E-state index in [4.69, 9.17) is 4.74 Å². The van der Waals surface area contributed by atoms with Gasteiger partial charge < -0.3 is 9.84 Å². The van der Waals surface area contributed by atoms with Crippen LogP contribution in [0.1, 0.15) is 71.9 Å². The van der Waals surface area contributed by atoms with E-state index in [1.807, 2.05) is 24.3 Å². The van der Waals surface area contributed by atoms with Gasteiger partial charge in [0.15, 0.2) is 5.78 Å². The van der Waals surface area contributed by atoms with Crippen molar-refractivity contribution in [2.45, 2.75) is 51.0 Å². The molecule has 6 rings (SSSR count). The summed E-state index contributed by atoms with van der Waals surface area (Å²) < 4.78 is 6.55. The van der Waals surface area contributed by atoms with Gasteiger partial charge in [-0.1, -0.05) is 32.0 Å². The van der Waals surface area contributed by atoms with Crippen LogP contribution in [-0.2, 0) is 5.41 Å². The lowest BCUT2D eigenvalue weighted by molar-refractivity contribution is 0.0227. The predicted octanol–water partition coefficient (Wildman–Crippen LogP) is 6.00. The number of aromatic carboxylic acids is 1. The lowest BCUT2D eigenvalue weighted by atomic mass is 9.61. The smallest absolute Gasteiger partial charge is 0.335 e. The van der Waals surface area contributed by atoms with E-state index in [9.17, 15) is 14.7 Å². The van der Waals surface area contributed by atoms with Gasteiger partial charge in [0.1, 0.15) is 11.4 Å². The minimum absolute atomic E-state index is 0.0210. The molecule has 32 heavy (non-hydrogen) atoms. The van der Waals surface area contributed by atoms with Crippen molar-refractivity contribution in [1.29, 1.82) is 0 Å². The third kappa shape index (κ3) is 2.22. The van der Waals surface area contributed by atoms with Crippen molar-refractivity contribution >= 4 is 22.5 Å². The lowest BCUT2D eigenvalue weighted by Gasteiger charge is -2.42. The van der Waals surface area contributed by atoms with Gasteiger partial charge in [-0.25, -0.2) is 4.79 Å². The number of carboxylic acid groups (broad SMARTS) is 1. The molecule has 4 heteroatoms. The second-order valence-electron chi connectivity index (χ2n) is 10.5. The second kappa shape index (κ2) is 6.00. The minimum atomic E-state index is -0.956. The first kappa shape index (κ1) is 19.5. The Morgan fingerprint density at radius 2 is 1.53 bits per heavy atom. The summed E-state index contributed by atoms with van der Waals surface area (Å²) in [7, 11) is 0. The van der Waals surface area contributed by atoms with Crippen LogP contribution in [0, 0.1) is 11.3 Å². The molecule has 1 spiro atoms. The van der Waals surface area contributed by atoms with Crippen LogP contribution in [0.2, 0.25) is 0 Å². The Kier molecular flexibility index (Phi) is 3.67. The fourth-order valence-corrected chi connectivity index (χ4v) is 7.29. The number of ketones is 1. The van der Waals surface area contributed by atoms with E-state index in [0.29, 0.717) is 17.0 Å². The molecule has 3 atom stereocenters. The minimum Gasteiger partial charge on any atom is -0.486 e. The molecule has 2 aliphatic carbocycles. The normalized spacial score (nSPS) is 28.9. The molecule has 1 N–H and O–H groups in total. The Hall–Kier alpha value is -3.14. The van der Waals surface area contributed by atoms with Gasteiger partial charge in [-0.3, -0.25) is 4.79 Å². The zero-order valence-corrected chi connectivity index (χ0v) is 18.6. The summed E-state index contributed by atoms with van der Waals surface area (Å²) in [6.45, 7) is 7.00. The molecule has 3 aliphatic rings. The van der Waals surface area contributed by atoms with E-state index in [-0.39, 0.29) is 27.8 Å². The maximum absolute atomic E-state index is 13.5. The highest BCUT2D eigenvalue weighted by Crippen LogP contribution is 2.74. The largest absolute Gasteiger partial charge is 0.486 e. The van der Waals surface area contributed by atoms with Gasteiger partial charge in [-0.15, -0.1) is 0 Å². The molecule has 1 heterocycles. The summed E-state index contributed by atoms with van der Waals surface area (Å²) in [6, 6.07) is 16.4. The van der Waals surface area contributed by atoms with E-state index >= 15 is 0 Å². The SMILES string of the molecule is CC12CC3CCC1(c1cc(C(=O)c4ccc5cc(C(=O)O)ccc5c4)ccc1O2)C3(C)C. The molecule has 3 unspecified atom stereocenters. The summed E-state index contributed by atoms with van der Waals surface area (Å²) >= 11 is 0. The van der Waals surface area contributed by atoms with Gasteiger partial charge in [0.2, 0.25) is 0 Å². The monoisotopic (exact) mass is 426 g/mol. The topological polar surface area (TPSA) is 63.6 Å². The molecular formula is C28H26O4. The Balaban J connectivity index is 1.42. The number of hydrogen-bond acceptors (Lipinski definition) is 3. The Bertz CT molecular complexity index is 1340. The molecule has 1 aliphatic heterocycles. The first-order valence-electron chi connectivity index (χ1n) is 11.3. The number of benzene rings is 3. The van der Waals surface area contributed by atoms with Crippen LogP contribution in [0.4, 0.5) is 0 Å². The summed E-state index contributed by atoms with van der Waals surface area (Å²) in [5.41, 5.74) is 2.61. The maximum Gasteiger partial charge on any atom is 0.335 e. The molecule has 0 aromatic heterocycles. The van der Waals surface area contributed by atoms with Crippen LogP contribution in [0.3, 0.4) is 0 Å². The van der Waals surface area contributed by atoms with Crippen molar-refractivity contribution in [3.63, 3.8) is 0 Å². The Morgan fingerprint density at radius 3 is 2.22 bits per heavy atom. The summed E-state index contributed by atoms with van der Waals surface area (Å²) in [5, 5.41) is 10.9. The highest BCUT2D eigenvalue weighted by molar-refractivity contribution is 6.11. The molecular weight excluding hydrogens is 400 g/mol. The van der Waals surface area contributed by atoms with Gasteiger partial charge in [0.25, 0.3) is 0 Å². The maximum atomic E-state index is 13.5. The van der Waals surface area contributed by atoms with Crippen molar-refractivity contribution in [3.8, 4) is 5.75 Å². The molecule has 3 aromatic carbocycles. The average Bonchev–Trinajstić information content (AvgIpc) is 3.26. The van der Waals surface area contributed by atoms with Gasteiger partial charge in [0, 0.05) is 22.1 Å². The first-order valence-corrected chi connectivity index (χ1v) is 11.3. The van der Waals surface area contributed by atoms with E-state index in [1.165, 1.54) is 12.0 Å². The average molecular weight is 427 g/mol. The van der Waals surface area contributed by atoms with Crippen LogP contribution in [0.15, 0.2) is 54.6 Å². The first-order chi connectivity index (χ1) is 15.2. The molecule has 4 nitrogen and oxygen atoms in total. The van der Waals surface area contributed by atoms with Crippen LogP contribution >= 0.6 is 0 Å². The molecule has 0 amide bonds. The van der Waals surface area contributed by atoms with Crippen molar-refractivity contribution in [2.24, 2.45) is 11.3 Å². The highest BCUT2D eigenvalue weighted by Gasteiger charge is 2.74. The van der Waals surface area contributed by atoms with E-state index in [0.717, 1.165) is 29.4 Å². The summed E-state index contributed by atoms with van der Waals surface area (Å²) in [6.07, 6.45) is 3.39. The van der Waals surface area contributed by atoms with Gasteiger partial charge >= 0.3 is 5.97 Å². The van der Waals surface area contributed by atoms with Crippen molar-refractivity contribution < 1.29 is 19.4 Å². The van der Waals surface area contributed by atoms with Gasteiger partial charge in [-0.05, 0) is 84.7 Å². The summed E-state index contributed by atoms with van der Waals surface area (Å²) in [4.78, 5) is 24.7. The molecule has 162 valence electrons. The van der Waals surface area contributed by atoms with Crippen molar-refractivity contribution in [1.82, 2.24) is 0 Å². The van der Waals surface area contributed by atoms with E-state index in [1.54, 1.807) is 24.3 Å². The number of carbonyl (C=O) groups is 2. The van der Waals surface area contributed by atoms with Crippen LogP contribution in [0.5, 0.6) is 5.75 Å². The fourth-order valence-electron chi connectivity index (χ4n) is 7.29. The Morgan fingerprint density at radius 1 is 0.906 bits per heavy atom. The third-order valence-corrected chi connectivity index (χ3v) is 8.91. The van der Waals surface area contributed by atoms with Crippen LogP contribution < -0.4 is 4.74 Å². The molecule has 0 radical (unpaired) electrons. The standard InChI is InChI=1S/C28H26O4/c1-26(2)21-10-11-28(26)22-14-19(8-9-23(22)32-27(28,3)15-21)24(29)18-6-4-17-13-20(25(30)31)7-5-16(17)12-18/h4-9,12-14,21H,10-11,15H2,1-3H3,(H,30,31). The molecule has 3 aromatic rings. The van der Waals surface area contributed by atoms with Gasteiger partial charge in [0.05, 0.1) is 5.56 Å². The number of carboxylic acids is 1. The quantitative estimate of drug-likeness (QED) is 0.522. The number of rotatable bonds is 3. The Labute approximate surface area is 187 Å². The number of hydrogen-bond donors (Lipinski definition) is 1. The second-order valence-corrected chi connectivity index (χ2v) is 10.5. The van der Waals surface area contributed by atoms with Crippen LogP contribution in [-0.4, -0.2) is 22.5 Å². The zero-order chi connectivity index (χ0) is 22.5. The van der Waals surface area contributed by atoms with Crippen molar-refractivity contribution in [3.05, 3.63) is 76.9 Å².